The molecule has 226 valence electrons. The molecule has 2 aromatic rings. The molecule has 42 heavy (non-hydrogen) atoms. The first-order valence-electron chi connectivity index (χ1n) is 14.8. The summed E-state index contributed by atoms with van der Waals surface area (Å²) in [6.45, 7) is 3.37. The van der Waals surface area contributed by atoms with Gasteiger partial charge in [-0.05, 0) is 98.7 Å². The van der Waals surface area contributed by atoms with E-state index in [2.05, 4.69) is 21.8 Å². The first-order valence-corrected chi connectivity index (χ1v) is 16.8. The summed E-state index contributed by atoms with van der Waals surface area (Å²) in [7, 11) is -2.44. The molecule has 1 saturated carbocycles. The van der Waals surface area contributed by atoms with E-state index in [0.717, 1.165) is 49.4 Å². The van der Waals surface area contributed by atoms with Crippen molar-refractivity contribution < 1.29 is 27.8 Å². The van der Waals surface area contributed by atoms with Crippen molar-refractivity contribution in [2.45, 2.75) is 68.3 Å². The van der Waals surface area contributed by atoms with Crippen LogP contribution >= 0.6 is 11.6 Å². The quantitative estimate of drug-likeness (QED) is 0.452. The molecule has 2 bridgehead atoms. The monoisotopic (exact) mass is 614 g/mol. The fraction of sp³-hybridized carbons (Fsp3) is 0.531. The van der Waals surface area contributed by atoms with Gasteiger partial charge in [-0.2, -0.15) is 0 Å². The first kappa shape index (κ1) is 29.5. The molecule has 0 unspecified atom stereocenters. The molecule has 4 aliphatic rings. The Bertz CT molecular complexity index is 1500. The Labute approximate surface area is 253 Å². The molecule has 2 aliphatic heterocycles. The molecule has 0 radical (unpaired) electrons. The average Bonchev–Trinajstić information content (AvgIpc) is 3.10. The molecule has 8 nitrogen and oxygen atoms in total. The average molecular weight is 615 g/mol. The van der Waals surface area contributed by atoms with Crippen LogP contribution in [0.3, 0.4) is 0 Å². The number of nitrogens with one attached hydrogen (secondary N) is 1. The molecule has 2 aromatic carbocycles. The number of anilines is 1. The number of rotatable bonds is 1. The molecule has 1 spiro atoms. The molecule has 1 amide bonds. The number of aliphatic hydroxyl groups is 1. The number of aryl methyl sites for hydroxylation is 1. The second-order valence-corrected chi connectivity index (χ2v) is 14.9. The molecule has 6 atom stereocenters. The van der Waals surface area contributed by atoms with Gasteiger partial charge in [0, 0.05) is 36.2 Å². The number of sulfonamides is 1. The van der Waals surface area contributed by atoms with Gasteiger partial charge in [0.1, 0.15) is 11.0 Å². The van der Waals surface area contributed by atoms with E-state index in [9.17, 15) is 18.3 Å². The molecule has 1 fully saturated rings. The maximum atomic E-state index is 13.3. The number of hydrogen-bond acceptors (Lipinski definition) is 7. The fourth-order valence-electron chi connectivity index (χ4n) is 7.22. The van der Waals surface area contributed by atoms with Gasteiger partial charge in [0.05, 0.1) is 24.5 Å². The largest absolute Gasteiger partial charge is 0.490 e. The molecular formula is C32H39ClN2O6S. The minimum atomic E-state index is -4.13. The van der Waals surface area contributed by atoms with Crippen LogP contribution < -0.4 is 14.4 Å². The minimum Gasteiger partial charge on any atom is -0.490 e. The van der Waals surface area contributed by atoms with E-state index in [1.54, 1.807) is 31.4 Å². The van der Waals surface area contributed by atoms with E-state index in [1.807, 2.05) is 12.1 Å². The van der Waals surface area contributed by atoms with Crippen LogP contribution in [-0.4, -0.2) is 63.7 Å². The fourth-order valence-corrected chi connectivity index (χ4v) is 8.50. The normalized spacial score (nSPS) is 33.3. The smallest absolute Gasteiger partial charge is 0.264 e. The van der Waals surface area contributed by atoms with Gasteiger partial charge in [-0.15, -0.1) is 0 Å². The number of carbonyl (C=O) groups excluding carboxylic acids is 1. The van der Waals surface area contributed by atoms with Gasteiger partial charge in [-0.3, -0.25) is 4.79 Å². The van der Waals surface area contributed by atoms with Gasteiger partial charge in [-0.25, -0.2) is 13.1 Å². The first-order chi connectivity index (χ1) is 20.1. The van der Waals surface area contributed by atoms with Crippen molar-refractivity contribution in [3.8, 4) is 5.75 Å². The number of fused-ring (bicyclic) bond motifs is 4. The van der Waals surface area contributed by atoms with Crippen LogP contribution in [0.25, 0.3) is 0 Å². The predicted molar refractivity (Wildman–Crippen MR) is 163 cm³/mol. The highest BCUT2D eigenvalue weighted by atomic mass is 35.5. The van der Waals surface area contributed by atoms with Gasteiger partial charge >= 0.3 is 0 Å². The summed E-state index contributed by atoms with van der Waals surface area (Å²) in [4.78, 5) is 15.6. The van der Waals surface area contributed by atoms with Crippen molar-refractivity contribution in [3.63, 3.8) is 0 Å². The van der Waals surface area contributed by atoms with Crippen LogP contribution in [0.5, 0.6) is 5.75 Å². The second kappa shape index (κ2) is 11.5. The topological polar surface area (TPSA) is 105 Å². The number of hydrogen-bond donors (Lipinski definition) is 2. The number of methoxy groups -OCH3 is 1. The Hall–Kier alpha value is -2.59. The molecule has 10 heteroatoms. The van der Waals surface area contributed by atoms with Crippen molar-refractivity contribution >= 4 is 33.2 Å². The van der Waals surface area contributed by atoms with E-state index < -0.39 is 27.3 Å². The zero-order valence-corrected chi connectivity index (χ0v) is 25.7. The predicted octanol–water partition coefficient (Wildman–Crippen LogP) is 4.62. The maximum absolute atomic E-state index is 13.3. The Morgan fingerprint density at radius 3 is 2.79 bits per heavy atom. The number of ether oxygens (including phenoxy) is 2. The van der Waals surface area contributed by atoms with Crippen molar-refractivity contribution in [2.75, 3.05) is 31.7 Å². The Balaban J connectivity index is 1.43. The summed E-state index contributed by atoms with van der Waals surface area (Å²) >= 11 is 6.39. The number of nitrogens with zero attached hydrogens (tertiary/aromatic N) is 1. The van der Waals surface area contributed by atoms with Crippen LogP contribution in [0.4, 0.5) is 5.69 Å². The van der Waals surface area contributed by atoms with Crippen LogP contribution in [0.2, 0.25) is 5.02 Å². The SMILES string of the molecule is CO[C@H]1/C=C\C[C@@H](O)[C@H](C)S(=O)(=O)NC(=O)c2ccc3c(c2)N(C[C@@H]2CC[C@H]21)C[C@@]1(CCCc2cc(Cl)ccc21)CO3. The van der Waals surface area contributed by atoms with E-state index in [1.165, 1.54) is 18.1 Å². The van der Waals surface area contributed by atoms with Crippen molar-refractivity contribution in [2.24, 2.45) is 11.8 Å². The zero-order valence-electron chi connectivity index (χ0n) is 24.1. The van der Waals surface area contributed by atoms with Gasteiger partial charge in [0.2, 0.25) is 10.0 Å². The summed E-state index contributed by atoms with van der Waals surface area (Å²) in [5.74, 6) is 0.587. The van der Waals surface area contributed by atoms with Crippen molar-refractivity contribution in [1.29, 1.82) is 0 Å². The second-order valence-electron chi connectivity index (χ2n) is 12.4. The van der Waals surface area contributed by atoms with Gasteiger partial charge < -0.3 is 19.5 Å². The summed E-state index contributed by atoms with van der Waals surface area (Å²) in [6, 6.07) is 11.3. The highest BCUT2D eigenvalue weighted by Gasteiger charge is 2.44. The highest BCUT2D eigenvalue weighted by molar-refractivity contribution is 7.90. The molecular weight excluding hydrogens is 576 g/mol. The highest BCUT2D eigenvalue weighted by Crippen LogP contribution is 2.47. The number of carbonyl (C=O) groups is 1. The number of amides is 1. The van der Waals surface area contributed by atoms with Crippen molar-refractivity contribution in [3.05, 3.63) is 70.3 Å². The third kappa shape index (κ3) is 5.45. The van der Waals surface area contributed by atoms with Gasteiger partial charge in [0.15, 0.2) is 0 Å². The summed E-state index contributed by atoms with van der Waals surface area (Å²) in [5.41, 5.74) is 3.28. The lowest BCUT2D eigenvalue weighted by Crippen LogP contribution is -2.49. The lowest BCUT2D eigenvalue weighted by Gasteiger charge is -2.46. The summed E-state index contributed by atoms with van der Waals surface area (Å²) < 4.78 is 40.7. The van der Waals surface area contributed by atoms with E-state index >= 15 is 0 Å². The third-order valence-corrected chi connectivity index (χ3v) is 11.9. The maximum Gasteiger partial charge on any atom is 0.264 e. The Morgan fingerprint density at radius 1 is 1.19 bits per heavy atom. The number of benzene rings is 2. The minimum absolute atomic E-state index is 0.141. The molecule has 0 aromatic heterocycles. The van der Waals surface area contributed by atoms with E-state index in [-0.39, 0.29) is 29.4 Å². The molecule has 2 aliphatic carbocycles. The molecule has 0 saturated heterocycles. The van der Waals surface area contributed by atoms with E-state index in [0.29, 0.717) is 24.8 Å². The van der Waals surface area contributed by atoms with Crippen LogP contribution in [0, 0.1) is 11.8 Å². The summed E-state index contributed by atoms with van der Waals surface area (Å²) in [6.07, 6.45) is 7.62. The van der Waals surface area contributed by atoms with Gasteiger partial charge in [-0.1, -0.05) is 29.8 Å². The standard InChI is InChI=1S/C32H39ClN2O6S/c1-20-28(36)6-3-7-29(40-2)25-11-8-23(25)17-35-18-32(14-4-5-21-15-24(33)10-12-26(21)32)19-41-30-13-9-22(16-27(30)35)31(37)34-42(20,38)39/h3,7,9-10,12-13,15-16,20,23,25,28-29,36H,4-6,8,11,14,17-19H2,1-2H3,(H,34,37)/b7-3-/t20-,23-,25+,28+,29-,32-/m0/s1. The molecule has 2 N–H and O–H groups in total. The van der Waals surface area contributed by atoms with Crippen LogP contribution in [0.1, 0.15) is 60.5 Å². The van der Waals surface area contributed by atoms with Gasteiger partial charge in [0.25, 0.3) is 5.91 Å². The van der Waals surface area contributed by atoms with Crippen LogP contribution in [-0.2, 0) is 26.6 Å². The number of aliphatic hydroxyl groups excluding tert-OH is 1. The van der Waals surface area contributed by atoms with Crippen LogP contribution in [0.15, 0.2) is 48.6 Å². The molecule has 6 rings (SSSR count). The number of halogens is 1. The zero-order chi connectivity index (χ0) is 29.6. The molecule has 2 heterocycles. The van der Waals surface area contributed by atoms with Crippen molar-refractivity contribution in [1.82, 2.24) is 4.72 Å². The van der Waals surface area contributed by atoms with E-state index in [4.69, 9.17) is 21.1 Å². The lowest BCUT2D eigenvalue weighted by atomic mass is 9.68. The Morgan fingerprint density at radius 2 is 2.02 bits per heavy atom. The summed E-state index contributed by atoms with van der Waals surface area (Å²) in [5, 5.41) is 10.2. The lowest BCUT2D eigenvalue weighted by molar-refractivity contribution is 0.0130. The Kier molecular flexibility index (Phi) is 8.06. The third-order valence-electron chi connectivity index (χ3n) is 9.89.